The minimum atomic E-state index is -0.838. The van der Waals surface area contributed by atoms with Gasteiger partial charge in [-0.05, 0) is 35.9 Å². The van der Waals surface area contributed by atoms with Crippen LogP contribution in [0.15, 0.2) is 59.5 Å². The van der Waals surface area contributed by atoms with Crippen molar-refractivity contribution >= 4 is 35.0 Å². The van der Waals surface area contributed by atoms with E-state index in [4.69, 9.17) is 27.7 Å². The molecule has 0 aliphatic heterocycles. The van der Waals surface area contributed by atoms with E-state index < -0.39 is 17.5 Å². The summed E-state index contributed by atoms with van der Waals surface area (Å²) in [7, 11) is 0. The van der Waals surface area contributed by atoms with Crippen LogP contribution in [-0.2, 0) is 11.2 Å². The molecule has 0 saturated heterocycles. The molecule has 6 nitrogen and oxygen atoms in total. The molecule has 2 aromatic carbocycles. The minimum Gasteiger partial charge on any atom is -0.337 e. The van der Waals surface area contributed by atoms with Gasteiger partial charge >= 0.3 is 0 Å². The van der Waals surface area contributed by atoms with E-state index in [-0.39, 0.29) is 29.1 Å². The molecule has 0 fully saturated rings. The Morgan fingerprint density at radius 3 is 2.65 bits per heavy atom. The molecule has 156 valence electrons. The highest BCUT2D eigenvalue weighted by atomic mass is 35.5. The second kappa shape index (κ2) is 8.79. The summed E-state index contributed by atoms with van der Waals surface area (Å²) < 4.78 is 33.0. The van der Waals surface area contributed by atoms with Gasteiger partial charge in [-0.2, -0.15) is 0 Å². The van der Waals surface area contributed by atoms with Crippen LogP contribution in [0, 0.1) is 11.6 Å². The van der Waals surface area contributed by atoms with Crippen molar-refractivity contribution in [3.8, 4) is 22.5 Å². The third-order valence-electron chi connectivity index (χ3n) is 4.34. The Bertz CT molecular complexity index is 1270. The van der Waals surface area contributed by atoms with Gasteiger partial charge in [0.05, 0.1) is 17.7 Å². The van der Waals surface area contributed by atoms with Crippen molar-refractivity contribution in [2.24, 2.45) is 0 Å². The Kier molecular flexibility index (Phi) is 5.92. The molecule has 0 radical (unpaired) electrons. The van der Waals surface area contributed by atoms with Gasteiger partial charge in [0.25, 0.3) is 0 Å². The SMILES string of the molecule is O=C(Cc1ccc(Cl)cc1Cl)Nc1onc(-c2ccc(F)cc2F)c1-c1ccncn1. The highest BCUT2D eigenvalue weighted by Crippen LogP contribution is 2.38. The Morgan fingerprint density at radius 2 is 1.94 bits per heavy atom. The van der Waals surface area contributed by atoms with Gasteiger partial charge in [-0.3, -0.25) is 10.1 Å². The number of benzene rings is 2. The number of hydrogen-bond donors (Lipinski definition) is 1. The maximum absolute atomic E-state index is 14.4. The normalized spacial score (nSPS) is 10.8. The van der Waals surface area contributed by atoms with Crippen molar-refractivity contribution in [2.75, 3.05) is 5.32 Å². The lowest BCUT2D eigenvalue weighted by molar-refractivity contribution is -0.115. The topological polar surface area (TPSA) is 80.9 Å². The molecule has 2 heterocycles. The van der Waals surface area contributed by atoms with E-state index >= 15 is 0 Å². The van der Waals surface area contributed by atoms with Crippen LogP contribution in [0.3, 0.4) is 0 Å². The quantitative estimate of drug-likeness (QED) is 0.421. The number of nitrogens with one attached hydrogen (secondary N) is 1. The van der Waals surface area contributed by atoms with Crippen LogP contribution in [0.2, 0.25) is 10.0 Å². The summed E-state index contributed by atoms with van der Waals surface area (Å²) in [4.78, 5) is 20.6. The fourth-order valence-corrected chi connectivity index (χ4v) is 3.40. The van der Waals surface area contributed by atoms with Gasteiger partial charge in [-0.15, -0.1) is 0 Å². The van der Waals surface area contributed by atoms with Crippen molar-refractivity contribution < 1.29 is 18.1 Å². The molecule has 10 heteroatoms. The summed E-state index contributed by atoms with van der Waals surface area (Å²) in [5.74, 6) is -2.08. The number of anilines is 1. The van der Waals surface area contributed by atoms with E-state index in [2.05, 4.69) is 20.4 Å². The maximum atomic E-state index is 14.4. The van der Waals surface area contributed by atoms with Gasteiger partial charge in [0, 0.05) is 27.9 Å². The Morgan fingerprint density at radius 1 is 1.10 bits per heavy atom. The number of hydrogen-bond acceptors (Lipinski definition) is 5. The lowest BCUT2D eigenvalue weighted by atomic mass is 10.0. The first kappa shape index (κ1) is 20.9. The number of halogens is 4. The van der Waals surface area contributed by atoms with Gasteiger partial charge in [0.2, 0.25) is 11.8 Å². The van der Waals surface area contributed by atoms with Crippen molar-refractivity contribution in [1.82, 2.24) is 15.1 Å². The fraction of sp³-hybridized carbons (Fsp3) is 0.0476. The van der Waals surface area contributed by atoms with E-state index in [0.29, 0.717) is 21.3 Å². The van der Waals surface area contributed by atoms with E-state index in [9.17, 15) is 13.6 Å². The maximum Gasteiger partial charge on any atom is 0.241 e. The molecule has 0 unspecified atom stereocenters. The van der Waals surface area contributed by atoms with Gasteiger partial charge in [-0.25, -0.2) is 18.7 Å². The van der Waals surface area contributed by atoms with Crippen LogP contribution in [0.1, 0.15) is 5.56 Å². The molecule has 1 N–H and O–H groups in total. The molecule has 31 heavy (non-hydrogen) atoms. The average Bonchev–Trinajstić information content (AvgIpc) is 3.14. The highest BCUT2D eigenvalue weighted by Gasteiger charge is 2.24. The molecular formula is C21H12Cl2F2N4O2. The van der Waals surface area contributed by atoms with Crippen molar-refractivity contribution in [1.29, 1.82) is 0 Å². The van der Waals surface area contributed by atoms with Crippen LogP contribution in [0.4, 0.5) is 14.7 Å². The predicted octanol–water partition coefficient (Wildman–Crippen LogP) is 5.56. The summed E-state index contributed by atoms with van der Waals surface area (Å²) in [6, 6.07) is 9.38. The van der Waals surface area contributed by atoms with Gasteiger partial charge in [0.15, 0.2) is 0 Å². The van der Waals surface area contributed by atoms with Crippen molar-refractivity contribution in [2.45, 2.75) is 6.42 Å². The molecule has 4 aromatic rings. The lowest BCUT2D eigenvalue weighted by Gasteiger charge is -2.07. The van der Waals surface area contributed by atoms with Gasteiger partial charge in [0.1, 0.15) is 23.7 Å². The second-order valence-electron chi connectivity index (χ2n) is 6.41. The third kappa shape index (κ3) is 4.55. The zero-order valence-corrected chi connectivity index (χ0v) is 17.1. The van der Waals surface area contributed by atoms with Crippen LogP contribution in [0.25, 0.3) is 22.5 Å². The molecule has 0 bridgehead atoms. The van der Waals surface area contributed by atoms with Crippen molar-refractivity contribution in [3.63, 3.8) is 0 Å². The average molecular weight is 461 g/mol. The highest BCUT2D eigenvalue weighted by molar-refractivity contribution is 6.35. The van der Waals surface area contributed by atoms with E-state index in [1.54, 1.807) is 18.2 Å². The number of aromatic nitrogens is 3. The number of nitrogens with zero attached hydrogens (tertiary/aromatic N) is 3. The molecule has 0 aliphatic rings. The molecule has 0 aliphatic carbocycles. The fourth-order valence-electron chi connectivity index (χ4n) is 2.93. The zero-order chi connectivity index (χ0) is 22.0. The third-order valence-corrected chi connectivity index (χ3v) is 4.92. The van der Waals surface area contributed by atoms with E-state index in [0.717, 1.165) is 12.1 Å². The van der Waals surface area contributed by atoms with E-state index in [1.165, 1.54) is 24.7 Å². The smallest absolute Gasteiger partial charge is 0.241 e. The summed E-state index contributed by atoms with van der Waals surface area (Å²) in [5.41, 5.74) is 1.14. The first-order valence-electron chi connectivity index (χ1n) is 8.87. The molecule has 0 spiro atoms. The van der Waals surface area contributed by atoms with Crippen LogP contribution in [-0.4, -0.2) is 21.0 Å². The Balaban J connectivity index is 1.71. The molecule has 0 atom stereocenters. The van der Waals surface area contributed by atoms with Crippen LogP contribution >= 0.6 is 23.2 Å². The predicted molar refractivity (Wildman–Crippen MR) is 112 cm³/mol. The minimum absolute atomic E-state index is 0.0139. The largest absolute Gasteiger partial charge is 0.337 e. The number of amides is 1. The summed E-state index contributed by atoms with van der Waals surface area (Å²) in [6.07, 6.45) is 2.69. The first-order valence-corrected chi connectivity index (χ1v) is 9.63. The van der Waals surface area contributed by atoms with Crippen molar-refractivity contribution in [3.05, 3.63) is 82.2 Å². The standard InChI is InChI=1S/C21H12Cl2F2N4O2/c22-12-2-1-11(15(23)8-12)7-18(30)28-21-19(17-5-6-26-10-27-17)20(29-31-21)14-4-3-13(24)9-16(14)25/h1-6,8-10H,7H2,(H,28,30). The summed E-state index contributed by atoms with van der Waals surface area (Å²) >= 11 is 12.0. The second-order valence-corrected chi connectivity index (χ2v) is 7.26. The monoisotopic (exact) mass is 460 g/mol. The Labute approximate surface area is 184 Å². The molecule has 4 rings (SSSR count). The van der Waals surface area contributed by atoms with E-state index in [1.807, 2.05) is 0 Å². The van der Waals surface area contributed by atoms with Gasteiger partial charge in [-0.1, -0.05) is 34.4 Å². The molecule has 0 saturated carbocycles. The lowest BCUT2D eigenvalue weighted by Crippen LogP contribution is -2.15. The van der Waals surface area contributed by atoms with Crippen LogP contribution in [0.5, 0.6) is 0 Å². The number of carbonyl (C=O) groups is 1. The number of rotatable bonds is 5. The van der Waals surface area contributed by atoms with Crippen LogP contribution < -0.4 is 5.32 Å². The molecule has 1 amide bonds. The molecule has 2 aromatic heterocycles. The Hall–Kier alpha value is -3.36. The summed E-state index contributed by atoms with van der Waals surface area (Å²) in [5, 5.41) is 7.27. The summed E-state index contributed by atoms with van der Waals surface area (Å²) in [6.45, 7) is 0. The van der Waals surface area contributed by atoms with Gasteiger partial charge < -0.3 is 4.52 Å². The number of carbonyl (C=O) groups excluding carboxylic acids is 1. The zero-order valence-electron chi connectivity index (χ0n) is 15.6. The first-order chi connectivity index (χ1) is 14.9. The molecular weight excluding hydrogens is 449 g/mol.